The number of alkyl halides is 2. The molecule has 0 bridgehead atoms. The molecule has 1 aliphatic heterocycles. The quantitative estimate of drug-likeness (QED) is 0.741. The summed E-state index contributed by atoms with van der Waals surface area (Å²) in [5.74, 6) is -0.278. The predicted octanol–water partition coefficient (Wildman–Crippen LogP) is 3.29. The van der Waals surface area contributed by atoms with E-state index in [9.17, 15) is 18.4 Å². The summed E-state index contributed by atoms with van der Waals surface area (Å²) < 4.78 is 29.4. The number of hydrogen-bond acceptors (Lipinski definition) is 3. The van der Waals surface area contributed by atoms with Gasteiger partial charge in [0.2, 0.25) is 5.91 Å². The Morgan fingerprint density at radius 1 is 0.893 bits per heavy atom. The molecular formula is C21H20F2N2O3. The summed E-state index contributed by atoms with van der Waals surface area (Å²) in [7, 11) is 0. The van der Waals surface area contributed by atoms with Crippen LogP contribution in [0.15, 0.2) is 60.7 Å². The lowest BCUT2D eigenvalue weighted by Crippen LogP contribution is -2.50. The van der Waals surface area contributed by atoms with Crippen molar-refractivity contribution < 1.29 is 23.1 Å². The van der Waals surface area contributed by atoms with Gasteiger partial charge >= 0.3 is 6.61 Å². The number of ether oxygens (including phenoxy) is 1. The Labute approximate surface area is 161 Å². The zero-order chi connectivity index (χ0) is 19.9. The van der Waals surface area contributed by atoms with Gasteiger partial charge < -0.3 is 14.5 Å². The summed E-state index contributed by atoms with van der Waals surface area (Å²) in [5.41, 5.74) is 1.02. The average molecular weight is 386 g/mol. The van der Waals surface area contributed by atoms with Gasteiger partial charge in [0.25, 0.3) is 5.91 Å². The first-order valence-electron chi connectivity index (χ1n) is 8.90. The number of nitrogens with zero attached hydrogens (tertiary/aromatic N) is 2. The molecule has 146 valence electrons. The third-order valence-electron chi connectivity index (χ3n) is 4.44. The Hall–Kier alpha value is -3.22. The highest BCUT2D eigenvalue weighted by atomic mass is 19.3. The van der Waals surface area contributed by atoms with Gasteiger partial charge in [-0.1, -0.05) is 36.4 Å². The molecule has 28 heavy (non-hydrogen) atoms. The van der Waals surface area contributed by atoms with Crippen LogP contribution in [0.25, 0.3) is 6.08 Å². The molecule has 2 amide bonds. The summed E-state index contributed by atoms with van der Waals surface area (Å²) in [6, 6.07) is 15.3. The van der Waals surface area contributed by atoms with Crippen molar-refractivity contribution in [3.63, 3.8) is 0 Å². The largest absolute Gasteiger partial charge is 0.434 e. The highest BCUT2D eigenvalue weighted by Gasteiger charge is 2.23. The first-order valence-corrected chi connectivity index (χ1v) is 8.90. The fraction of sp³-hybridized carbons (Fsp3) is 0.238. The Balaban J connectivity index is 1.57. The molecular weight excluding hydrogens is 366 g/mol. The molecule has 3 rings (SSSR count). The summed E-state index contributed by atoms with van der Waals surface area (Å²) in [4.78, 5) is 28.2. The topological polar surface area (TPSA) is 49.9 Å². The lowest BCUT2D eigenvalue weighted by molar-refractivity contribution is -0.127. The number of rotatable bonds is 5. The van der Waals surface area contributed by atoms with Crippen LogP contribution in [0.3, 0.4) is 0 Å². The van der Waals surface area contributed by atoms with Crippen LogP contribution in [-0.4, -0.2) is 54.4 Å². The molecule has 0 aliphatic carbocycles. The van der Waals surface area contributed by atoms with Crippen LogP contribution in [-0.2, 0) is 4.79 Å². The van der Waals surface area contributed by atoms with Crippen molar-refractivity contribution in [2.75, 3.05) is 26.2 Å². The van der Waals surface area contributed by atoms with E-state index < -0.39 is 6.61 Å². The summed E-state index contributed by atoms with van der Waals surface area (Å²) in [5, 5.41) is 0. The number of carbonyl (C=O) groups excluding carboxylic acids is 2. The van der Waals surface area contributed by atoms with Crippen molar-refractivity contribution in [3.05, 3.63) is 71.8 Å². The Bertz CT molecular complexity index is 848. The highest BCUT2D eigenvalue weighted by Crippen LogP contribution is 2.21. The standard InChI is InChI=1S/C21H20F2N2O3/c22-21(23)28-18-9-5-4-6-16(18)10-11-19(26)24-12-14-25(15-13-24)20(27)17-7-2-1-3-8-17/h1-11,21H,12-15H2/b11-10+. The molecule has 1 heterocycles. The monoisotopic (exact) mass is 386 g/mol. The highest BCUT2D eigenvalue weighted by molar-refractivity contribution is 5.95. The van der Waals surface area contributed by atoms with Gasteiger partial charge in [0.15, 0.2) is 0 Å². The third-order valence-corrected chi connectivity index (χ3v) is 4.44. The van der Waals surface area contributed by atoms with Gasteiger partial charge in [0, 0.05) is 43.4 Å². The zero-order valence-electron chi connectivity index (χ0n) is 15.1. The lowest BCUT2D eigenvalue weighted by atomic mass is 10.1. The maximum Gasteiger partial charge on any atom is 0.387 e. The van der Waals surface area contributed by atoms with E-state index in [1.807, 2.05) is 18.2 Å². The van der Waals surface area contributed by atoms with Crippen molar-refractivity contribution >= 4 is 17.9 Å². The Morgan fingerprint density at radius 3 is 2.18 bits per heavy atom. The SMILES string of the molecule is O=C(/C=C/c1ccccc1OC(F)F)N1CCN(C(=O)c2ccccc2)CC1. The van der Waals surface area contributed by atoms with Crippen LogP contribution in [0.2, 0.25) is 0 Å². The van der Waals surface area contributed by atoms with Crippen LogP contribution in [0.4, 0.5) is 8.78 Å². The van der Waals surface area contributed by atoms with Gasteiger partial charge in [0.05, 0.1) is 0 Å². The second kappa shape index (κ2) is 9.12. The molecule has 2 aromatic rings. The van der Waals surface area contributed by atoms with Gasteiger partial charge in [-0.05, 0) is 24.3 Å². The smallest absolute Gasteiger partial charge is 0.387 e. The molecule has 0 spiro atoms. The van der Waals surface area contributed by atoms with Crippen LogP contribution < -0.4 is 4.74 Å². The van der Waals surface area contributed by atoms with Crippen molar-refractivity contribution in [3.8, 4) is 5.75 Å². The summed E-state index contributed by atoms with van der Waals surface area (Å²) in [6.45, 7) is -1.22. The van der Waals surface area contributed by atoms with Gasteiger partial charge in [-0.15, -0.1) is 0 Å². The molecule has 1 aliphatic rings. The first kappa shape index (κ1) is 19.5. The van der Waals surface area contributed by atoms with E-state index in [-0.39, 0.29) is 17.6 Å². The number of halogens is 2. The normalized spacial score (nSPS) is 14.5. The van der Waals surface area contributed by atoms with E-state index in [1.54, 1.807) is 40.1 Å². The molecule has 0 atom stereocenters. The van der Waals surface area contributed by atoms with Crippen LogP contribution >= 0.6 is 0 Å². The summed E-state index contributed by atoms with van der Waals surface area (Å²) >= 11 is 0. The zero-order valence-corrected chi connectivity index (χ0v) is 15.1. The number of piperazine rings is 1. The predicted molar refractivity (Wildman–Crippen MR) is 101 cm³/mol. The number of amides is 2. The Morgan fingerprint density at radius 2 is 1.50 bits per heavy atom. The number of benzene rings is 2. The van der Waals surface area contributed by atoms with E-state index in [2.05, 4.69) is 4.74 Å². The fourth-order valence-corrected chi connectivity index (χ4v) is 2.98. The second-order valence-electron chi connectivity index (χ2n) is 6.23. The van der Waals surface area contributed by atoms with Crippen molar-refractivity contribution in [2.24, 2.45) is 0 Å². The number of para-hydroxylation sites is 1. The first-order chi connectivity index (χ1) is 13.5. The molecule has 1 saturated heterocycles. The molecule has 5 nitrogen and oxygen atoms in total. The lowest BCUT2D eigenvalue weighted by Gasteiger charge is -2.34. The van der Waals surface area contributed by atoms with Gasteiger partial charge in [-0.25, -0.2) is 0 Å². The molecule has 0 saturated carbocycles. The van der Waals surface area contributed by atoms with E-state index in [0.29, 0.717) is 37.3 Å². The molecule has 2 aromatic carbocycles. The molecule has 7 heteroatoms. The maximum atomic E-state index is 12.5. The van der Waals surface area contributed by atoms with Crippen LogP contribution in [0, 0.1) is 0 Å². The van der Waals surface area contributed by atoms with Crippen molar-refractivity contribution in [2.45, 2.75) is 6.61 Å². The fourth-order valence-electron chi connectivity index (χ4n) is 2.98. The van der Waals surface area contributed by atoms with Crippen molar-refractivity contribution in [1.82, 2.24) is 9.80 Å². The van der Waals surface area contributed by atoms with E-state index in [0.717, 1.165) is 0 Å². The van der Waals surface area contributed by atoms with Crippen LogP contribution in [0.5, 0.6) is 5.75 Å². The molecule has 0 radical (unpaired) electrons. The molecule has 0 N–H and O–H groups in total. The van der Waals surface area contributed by atoms with Crippen LogP contribution in [0.1, 0.15) is 15.9 Å². The van der Waals surface area contributed by atoms with Gasteiger partial charge in [-0.3, -0.25) is 9.59 Å². The third kappa shape index (κ3) is 4.94. The van der Waals surface area contributed by atoms with E-state index in [4.69, 9.17) is 0 Å². The minimum atomic E-state index is -2.93. The minimum absolute atomic E-state index is 0.0137. The van der Waals surface area contributed by atoms with Gasteiger partial charge in [0.1, 0.15) is 5.75 Å². The second-order valence-corrected chi connectivity index (χ2v) is 6.23. The maximum absolute atomic E-state index is 12.5. The number of carbonyl (C=O) groups is 2. The Kier molecular flexibility index (Phi) is 6.37. The molecule has 0 unspecified atom stereocenters. The van der Waals surface area contributed by atoms with Gasteiger partial charge in [-0.2, -0.15) is 8.78 Å². The van der Waals surface area contributed by atoms with Crippen molar-refractivity contribution in [1.29, 1.82) is 0 Å². The summed E-state index contributed by atoms with van der Waals surface area (Å²) in [6.07, 6.45) is 2.80. The van der Waals surface area contributed by atoms with E-state index in [1.165, 1.54) is 18.2 Å². The average Bonchev–Trinajstić information content (AvgIpc) is 2.73. The molecule has 1 fully saturated rings. The minimum Gasteiger partial charge on any atom is -0.434 e. The molecule has 0 aromatic heterocycles. The number of hydrogen-bond donors (Lipinski definition) is 0. The van der Waals surface area contributed by atoms with E-state index >= 15 is 0 Å².